The van der Waals surface area contributed by atoms with Crippen LogP contribution in [0.3, 0.4) is 0 Å². The standard InChI is InChI=1S/C23H27FN2O7S/c1-3-32-19-7-4-17(5-8-19)15-25(2)22(27)16-33-23(28)18-6-9-20(24)21(14-18)34(29,30)26-10-12-31-13-11-26/h4-9,14H,3,10-13,15-16H2,1-2H3. The van der Waals surface area contributed by atoms with E-state index in [1.165, 1.54) is 4.90 Å². The van der Waals surface area contributed by atoms with E-state index in [1.54, 1.807) is 19.2 Å². The minimum absolute atomic E-state index is 0.0889. The number of benzene rings is 2. The maximum atomic E-state index is 14.3. The zero-order valence-electron chi connectivity index (χ0n) is 19.0. The Labute approximate surface area is 198 Å². The number of likely N-dealkylation sites (N-methyl/N-ethyl adjacent to an activating group) is 1. The molecule has 0 aromatic heterocycles. The average Bonchev–Trinajstić information content (AvgIpc) is 2.84. The van der Waals surface area contributed by atoms with Crippen LogP contribution in [0.1, 0.15) is 22.8 Å². The second-order valence-electron chi connectivity index (χ2n) is 7.56. The molecule has 0 spiro atoms. The summed E-state index contributed by atoms with van der Waals surface area (Å²) in [5, 5.41) is 0. The summed E-state index contributed by atoms with van der Waals surface area (Å²) >= 11 is 0. The Morgan fingerprint density at radius 3 is 2.44 bits per heavy atom. The Morgan fingerprint density at radius 2 is 1.79 bits per heavy atom. The van der Waals surface area contributed by atoms with E-state index in [9.17, 15) is 22.4 Å². The summed E-state index contributed by atoms with van der Waals surface area (Å²) in [6.45, 7) is 2.77. The largest absolute Gasteiger partial charge is 0.494 e. The van der Waals surface area contributed by atoms with Gasteiger partial charge in [0.2, 0.25) is 10.0 Å². The first-order valence-electron chi connectivity index (χ1n) is 10.7. The number of halogens is 1. The molecule has 1 fully saturated rings. The molecule has 0 saturated carbocycles. The molecule has 0 unspecified atom stereocenters. The third kappa shape index (κ3) is 6.31. The van der Waals surface area contributed by atoms with Gasteiger partial charge in [0.05, 0.1) is 25.4 Å². The number of ether oxygens (including phenoxy) is 3. The van der Waals surface area contributed by atoms with Gasteiger partial charge in [-0.05, 0) is 42.8 Å². The van der Waals surface area contributed by atoms with E-state index in [4.69, 9.17) is 14.2 Å². The van der Waals surface area contributed by atoms with E-state index in [1.807, 2.05) is 19.1 Å². The van der Waals surface area contributed by atoms with Gasteiger partial charge in [0, 0.05) is 26.7 Å². The number of amides is 1. The number of carbonyl (C=O) groups excluding carboxylic acids is 2. The Kier molecular flexibility index (Phi) is 8.59. The zero-order chi connectivity index (χ0) is 24.7. The summed E-state index contributed by atoms with van der Waals surface area (Å²) in [7, 11) is -2.58. The van der Waals surface area contributed by atoms with E-state index in [2.05, 4.69) is 0 Å². The molecule has 3 rings (SSSR count). The Morgan fingerprint density at radius 1 is 1.12 bits per heavy atom. The van der Waals surface area contributed by atoms with Crippen molar-refractivity contribution in [2.24, 2.45) is 0 Å². The fraction of sp³-hybridized carbons (Fsp3) is 0.391. The lowest BCUT2D eigenvalue weighted by Gasteiger charge is -2.26. The van der Waals surface area contributed by atoms with E-state index in [0.29, 0.717) is 13.2 Å². The Bertz CT molecular complexity index is 1120. The fourth-order valence-corrected chi connectivity index (χ4v) is 4.79. The van der Waals surface area contributed by atoms with Crippen molar-refractivity contribution in [3.8, 4) is 5.75 Å². The molecule has 1 aliphatic heterocycles. The highest BCUT2D eigenvalue weighted by Gasteiger charge is 2.30. The number of sulfonamides is 1. The van der Waals surface area contributed by atoms with Gasteiger partial charge in [-0.1, -0.05) is 12.1 Å². The van der Waals surface area contributed by atoms with Gasteiger partial charge in [0.25, 0.3) is 5.91 Å². The normalized spacial score (nSPS) is 14.4. The molecule has 0 bridgehead atoms. The molecule has 9 nitrogen and oxygen atoms in total. The molecule has 2 aromatic rings. The number of hydrogen-bond acceptors (Lipinski definition) is 7. The van der Waals surface area contributed by atoms with Crippen molar-refractivity contribution in [1.82, 2.24) is 9.21 Å². The Hall–Kier alpha value is -3.02. The zero-order valence-corrected chi connectivity index (χ0v) is 19.8. The van der Waals surface area contributed by atoms with Gasteiger partial charge < -0.3 is 19.1 Å². The first-order chi connectivity index (χ1) is 16.2. The van der Waals surface area contributed by atoms with E-state index >= 15 is 0 Å². The minimum atomic E-state index is -4.15. The number of hydrogen-bond donors (Lipinski definition) is 0. The van der Waals surface area contributed by atoms with Crippen LogP contribution in [-0.2, 0) is 30.8 Å². The molecule has 1 aliphatic rings. The molecule has 1 saturated heterocycles. The lowest BCUT2D eigenvalue weighted by molar-refractivity contribution is -0.133. The van der Waals surface area contributed by atoms with Crippen LogP contribution in [0.25, 0.3) is 0 Å². The van der Waals surface area contributed by atoms with Crippen LogP contribution >= 0.6 is 0 Å². The molecule has 1 heterocycles. The summed E-state index contributed by atoms with van der Waals surface area (Å²) in [6, 6.07) is 10.2. The van der Waals surface area contributed by atoms with E-state index in [-0.39, 0.29) is 31.9 Å². The van der Waals surface area contributed by atoms with E-state index < -0.39 is 39.2 Å². The number of rotatable bonds is 9. The molecule has 0 N–H and O–H groups in total. The minimum Gasteiger partial charge on any atom is -0.494 e. The summed E-state index contributed by atoms with van der Waals surface area (Å²) in [4.78, 5) is 25.6. The molecule has 0 atom stereocenters. The maximum absolute atomic E-state index is 14.3. The van der Waals surface area contributed by atoms with Crippen LogP contribution in [0, 0.1) is 5.82 Å². The van der Waals surface area contributed by atoms with Gasteiger partial charge in [-0.3, -0.25) is 4.79 Å². The van der Waals surface area contributed by atoms with Gasteiger partial charge in [-0.25, -0.2) is 17.6 Å². The van der Waals surface area contributed by atoms with Crippen molar-refractivity contribution in [3.05, 3.63) is 59.4 Å². The highest BCUT2D eigenvalue weighted by Crippen LogP contribution is 2.22. The molecule has 1 amide bonds. The van der Waals surface area contributed by atoms with Crippen molar-refractivity contribution in [3.63, 3.8) is 0 Å². The first kappa shape index (κ1) is 25.6. The van der Waals surface area contributed by atoms with Crippen molar-refractivity contribution in [1.29, 1.82) is 0 Å². The predicted molar refractivity (Wildman–Crippen MR) is 120 cm³/mol. The van der Waals surface area contributed by atoms with Gasteiger partial charge in [-0.2, -0.15) is 4.31 Å². The number of esters is 1. The summed E-state index contributed by atoms with van der Waals surface area (Å²) < 4.78 is 56.5. The van der Waals surface area contributed by atoms with Crippen LogP contribution in [0.15, 0.2) is 47.4 Å². The topological polar surface area (TPSA) is 102 Å². The second kappa shape index (κ2) is 11.4. The molecule has 2 aromatic carbocycles. The predicted octanol–water partition coefficient (Wildman–Crippen LogP) is 2.06. The third-order valence-corrected chi connectivity index (χ3v) is 7.08. The lowest BCUT2D eigenvalue weighted by Crippen LogP contribution is -2.41. The monoisotopic (exact) mass is 494 g/mol. The third-order valence-electron chi connectivity index (χ3n) is 5.16. The van der Waals surface area contributed by atoms with E-state index in [0.717, 1.165) is 33.8 Å². The smallest absolute Gasteiger partial charge is 0.338 e. The highest BCUT2D eigenvalue weighted by atomic mass is 32.2. The van der Waals surface area contributed by atoms with Crippen LogP contribution in [0.2, 0.25) is 0 Å². The number of morpholine rings is 1. The highest BCUT2D eigenvalue weighted by molar-refractivity contribution is 7.89. The molecule has 34 heavy (non-hydrogen) atoms. The molecule has 184 valence electrons. The molecule has 0 radical (unpaired) electrons. The van der Waals surface area contributed by atoms with Gasteiger partial charge in [0.15, 0.2) is 6.61 Å². The van der Waals surface area contributed by atoms with Crippen molar-refractivity contribution in [2.75, 3.05) is 46.6 Å². The molecule has 0 aliphatic carbocycles. The summed E-state index contributed by atoms with van der Waals surface area (Å²) in [5.74, 6) is -1.63. The Balaban J connectivity index is 1.60. The number of carbonyl (C=O) groups is 2. The van der Waals surface area contributed by atoms with Gasteiger partial charge in [0.1, 0.15) is 16.5 Å². The number of nitrogens with zero attached hydrogens (tertiary/aromatic N) is 2. The fourth-order valence-electron chi connectivity index (χ4n) is 3.29. The average molecular weight is 495 g/mol. The van der Waals surface area contributed by atoms with Crippen molar-refractivity contribution >= 4 is 21.9 Å². The lowest BCUT2D eigenvalue weighted by atomic mass is 10.2. The maximum Gasteiger partial charge on any atom is 0.338 e. The van der Waals surface area contributed by atoms with Crippen LogP contribution in [0.4, 0.5) is 4.39 Å². The van der Waals surface area contributed by atoms with Crippen molar-refractivity contribution in [2.45, 2.75) is 18.4 Å². The summed E-state index contributed by atoms with van der Waals surface area (Å²) in [6.07, 6.45) is 0. The van der Waals surface area contributed by atoms with Crippen molar-refractivity contribution < 1.29 is 36.6 Å². The van der Waals surface area contributed by atoms with Gasteiger partial charge >= 0.3 is 5.97 Å². The quantitative estimate of drug-likeness (QED) is 0.492. The molecule has 11 heteroatoms. The molecular weight excluding hydrogens is 467 g/mol. The molecular formula is C23H27FN2O7S. The van der Waals surface area contributed by atoms with Crippen LogP contribution in [-0.4, -0.2) is 76.1 Å². The van der Waals surface area contributed by atoms with Crippen LogP contribution < -0.4 is 4.74 Å². The second-order valence-corrected chi connectivity index (χ2v) is 9.47. The SMILES string of the molecule is CCOc1ccc(CN(C)C(=O)COC(=O)c2ccc(F)c(S(=O)(=O)N3CCOCC3)c2)cc1. The first-order valence-corrected chi connectivity index (χ1v) is 12.2. The van der Waals surface area contributed by atoms with Gasteiger partial charge in [-0.15, -0.1) is 0 Å². The summed E-state index contributed by atoms with van der Waals surface area (Å²) in [5.41, 5.74) is 0.692. The van der Waals surface area contributed by atoms with Crippen LogP contribution in [0.5, 0.6) is 5.75 Å².